The lowest BCUT2D eigenvalue weighted by Crippen LogP contribution is -2.29. The van der Waals surface area contributed by atoms with Gasteiger partial charge in [-0.2, -0.15) is 0 Å². The molecule has 7 heteroatoms. The molecule has 0 aliphatic heterocycles. The first-order chi connectivity index (χ1) is 11.0. The van der Waals surface area contributed by atoms with Crippen molar-refractivity contribution in [3.8, 4) is 11.1 Å². The number of benzene rings is 1. The molecule has 5 nitrogen and oxygen atoms in total. The predicted octanol–water partition coefficient (Wildman–Crippen LogP) is 3.62. The van der Waals surface area contributed by atoms with Crippen LogP contribution in [0.1, 0.15) is 13.0 Å². The van der Waals surface area contributed by atoms with E-state index >= 15 is 0 Å². The minimum atomic E-state index is -0.720. The summed E-state index contributed by atoms with van der Waals surface area (Å²) in [5, 5.41) is 2.44. The Morgan fingerprint density at radius 2 is 2.04 bits per heavy atom. The number of rotatable bonds is 3. The van der Waals surface area contributed by atoms with Gasteiger partial charge in [0.25, 0.3) is 5.56 Å². The molecule has 2 aromatic heterocycles. The molecule has 0 aliphatic carbocycles. The molecule has 3 rings (SSSR count). The Morgan fingerprint density at radius 1 is 1.35 bits per heavy atom. The van der Waals surface area contributed by atoms with Crippen LogP contribution < -0.4 is 5.56 Å². The van der Waals surface area contributed by atoms with Gasteiger partial charge >= 0.3 is 5.97 Å². The third kappa shape index (κ3) is 2.82. The molecule has 23 heavy (non-hydrogen) atoms. The van der Waals surface area contributed by atoms with Crippen molar-refractivity contribution in [2.75, 3.05) is 7.11 Å². The number of carbonyl (C=O) groups excluding carboxylic acids is 1. The second-order valence-electron chi connectivity index (χ2n) is 4.99. The number of carbonyl (C=O) groups is 1. The summed E-state index contributed by atoms with van der Waals surface area (Å²) in [5.41, 5.74) is 1.51. The quantitative estimate of drug-likeness (QED) is 0.638. The van der Waals surface area contributed by atoms with E-state index in [4.69, 9.17) is 4.74 Å². The van der Waals surface area contributed by atoms with Crippen molar-refractivity contribution in [2.45, 2.75) is 13.0 Å². The van der Waals surface area contributed by atoms with E-state index in [1.165, 1.54) is 29.3 Å². The van der Waals surface area contributed by atoms with Crippen LogP contribution in [-0.4, -0.2) is 22.6 Å². The highest BCUT2D eigenvalue weighted by Gasteiger charge is 2.20. The number of ether oxygens (including phenoxy) is 1. The summed E-state index contributed by atoms with van der Waals surface area (Å²) in [6, 6.07) is 7.00. The number of nitrogens with zero attached hydrogens (tertiary/aromatic N) is 2. The molecule has 0 saturated heterocycles. The van der Waals surface area contributed by atoms with Crippen LogP contribution in [0, 0.1) is 0 Å². The molecule has 0 saturated carbocycles. The number of fused-ring (bicyclic) bond motifs is 1. The molecular weight excluding hydrogens is 380 g/mol. The van der Waals surface area contributed by atoms with Crippen LogP contribution in [-0.2, 0) is 9.53 Å². The molecule has 1 aromatic carbocycles. The second-order valence-corrected chi connectivity index (χ2v) is 6.77. The predicted molar refractivity (Wildman–Crippen MR) is 93.7 cm³/mol. The van der Waals surface area contributed by atoms with Gasteiger partial charge in [-0.3, -0.25) is 9.36 Å². The van der Waals surface area contributed by atoms with Gasteiger partial charge in [0.15, 0.2) is 0 Å². The van der Waals surface area contributed by atoms with Gasteiger partial charge in [0.05, 0.1) is 18.8 Å². The lowest BCUT2D eigenvalue weighted by atomic mass is 10.1. The van der Waals surface area contributed by atoms with Gasteiger partial charge in [-0.15, -0.1) is 11.3 Å². The summed E-state index contributed by atoms with van der Waals surface area (Å²) in [6.45, 7) is 1.62. The van der Waals surface area contributed by atoms with Crippen molar-refractivity contribution in [1.82, 2.24) is 9.55 Å². The van der Waals surface area contributed by atoms with E-state index in [-0.39, 0.29) is 5.56 Å². The number of halogens is 1. The minimum Gasteiger partial charge on any atom is -0.467 e. The molecule has 118 valence electrons. The Hall–Kier alpha value is -1.99. The molecule has 0 aliphatic rings. The standard InChI is InChI=1S/C16H13BrN2O3S/c1-9(16(21)22-2)19-8-18-14-13(15(19)20)12(7-23-14)10-3-5-11(17)6-4-10/h3-9H,1-2H3/t9-/m1/s1. The summed E-state index contributed by atoms with van der Waals surface area (Å²) in [5.74, 6) is -0.478. The Balaban J connectivity index is 2.20. The molecule has 0 amide bonds. The van der Waals surface area contributed by atoms with Gasteiger partial charge in [-0.05, 0) is 24.6 Å². The van der Waals surface area contributed by atoms with Crippen LogP contribution in [0.4, 0.5) is 0 Å². The SMILES string of the molecule is COC(=O)[C@@H](C)n1cnc2scc(-c3ccc(Br)cc3)c2c1=O. The third-order valence-corrected chi connectivity index (χ3v) is 5.05. The largest absolute Gasteiger partial charge is 0.467 e. The Labute approximate surface area is 144 Å². The summed E-state index contributed by atoms with van der Waals surface area (Å²) in [7, 11) is 1.30. The smallest absolute Gasteiger partial charge is 0.328 e. The first kappa shape index (κ1) is 15.9. The van der Waals surface area contributed by atoms with E-state index < -0.39 is 12.0 Å². The van der Waals surface area contributed by atoms with Crippen molar-refractivity contribution in [3.63, 3.8) is 0 Å². The van der Waals surface area contributed by atoms with Crippen LogP contribution in [0.3, 0.4) is 0 Å². The number of esters is 1. The fourth-order valence-corrected chi connectivity index (χ4v) is 3.52. The molecular formula is C16H13BrN2O3S. The van der Waals surface area contributed by atoms with Gasteiger partial charge in [-0.1, -0.05) is 28.1 Å². The van der Waals surface area contributed by atoms with E-state index in [2.05, 4.69) is 20.9 Å². The third-order valence-electron chi connectivity index (χ3n) is 3.63. The number of methoxy groups -OCH3 is 1. The molecule has 0 unspecified atom stereocenters. The zero-order valence-corrected chi connectivity index (χ0v) is 14.8. The van der Waals surface area contributed by atoms with Crippen LogP contribution in [0.2, 0.25) is 0 Å². The number of thiophene rings is 1. The van der Waals surface area contributed by atoms with Gasteiger partial charge in [0.1, 0.15) is 10.9 Å². The molecule has 0 radical (unpaired) electrons. The minimum absolute atomic E-state index is 0.243. The van der Waals surface area contributed by atoms with Crippen molar-refractivity contribution < 1.29 is 9.53 Å². The topological polar surface area (TPSA) is 61.2 Å². The van der Waals surface area contributed by atoms with Crippen molar-refractivity contribution >= 4 is 43.5 Å². The van der Waals surface area contributed by atoms with E-state index in [1.807, 2.05) is 29.6 Å². The van der Waals surface area contributed by atoms with Gasteiger partial charge < -0.3 is 4.74 Å². The zero-order valence-electron chi connectivity index (χ0n) is 12.4. The Kier molecular flexibility index (Phi) is 4.32. The fraction of sp³-hybridized carbons (Fsp3) is 0.188. The van der Waals surface area contributed by atoms with E-state index in [0.717, 1.165) is 15.6 Å². The Morgan fingerprint density at radius 3 is 2.70 bits per heavy atom. The van der Waals surface area contributed by atoms with Crippen molar-refractivity contribution in [3.05, 3.63) is 50.8 Å². The summed E-state index contributed by atoms with van der Waals surface area (Å²) in [6.07, 6.45) is 1.40. The molecule has 0 N–H and O–H groups in total. The van der Waals surface area contributed by atoms with Gasteiger partial charge in [-0.25, -0.2) is 9.78 Å². The summed E-state index contributed by atoms with van der Waals surface area (Å²) >= 11 is 4.81. The number of hydrogen-bond acceptors (Lipinski definition) is 5. The fourth-order valence-electron chi connectivity index (χ4n) is 2.35. The highest BCUT2D eigenvalue weighted by Crippen LogP contribution is 2.31. The normalized spacial score (nSPS) is 12.3. The monoisotopic (exact) mass is 392 g/mol. The maximum atomic E-state index is 12.8. The van der Waals surface area contributed by atoms with Crippen LogP contribution in [0.5, 0.6) is 0 Å². The van der Waals surface area contributed by atoms with Crippen LogP contribution in [0.15, 0.2) is 45.2 Å². The second kappa shape index (κ2) is 6.25. The molecule has 0 fully saturated rings. The summed E-state index contributed by atoms with van der Waals surface area (Å²) in [4.78, 5) is 29.5. The maximum Gasteiger partial charge on any atom is 0.328 e. The zero-order chi connectivity index (χ0) is 16.6. The van der Waals surface area contributed by atoms with Crippen LogP contribution >= 0.6 is 27.3 Å². The molecule has 2 heterocycles. The lowest BCUT2D eigenvalue weighted by Gasteiger charge is -2.12. The first-order valence-corrected chi connectivity index (χ1v) is 8.52. The lowest BCUT2D eigenvalue weighted by molar-refractivity contribution is -0.144. The van der Waals surface area contributed by atoms with Crippen molar-refractivity contribution in [2.24, 2.45) is 0 Å². The van der Waals surface area contributed by atoms with Crippen molar-refractivity contribution in [1.29, 1.82) is 0 Å². The molecule has 3 aromatic rings. The number of hydrogen-bond donors (Lipinski definition) is 0. The molecule has 1 atom stereocenters. The van der Waals surface area contributed by atoms with Gasteiger partial charge in [0, 0.05) is 15.4 Å². The van der Waals surface area contributed by atoms with E-state index in [1.54, 1.807) is 6.92 Å². The average molecular weight is 393 g/mol. The van der Waals surface area contributed by atoms with E-state index in [9.17, 15) is 9.59 Å². The highest BCUT2D eigenvalue weighted by atomic mass is 79.9. The molecule has 0 bridgehead atoms. The molecule has 0 spiro atoms. The average Bonchev–Trinajstić information content (AvgIpc) is 2.99. The summed E-state index contributed by atoms with van der Waals surface area (Å²) < 4.78 is 6.99. The first-order valence-electron chi connectivity index (χ1n) is 6.85. The van der Waals surface area contributed by atoms with Crippen LogP contribution in [0.25, 0.3) is 21.3 Å². The Bertz CT molecular complexity index is 931. The van der Waals surface area contributed by atoms with Gasteiger partial charge in [0.2, 0.25) is 0 Å². The van der Waals surface area contributed by atoms with E-state index in [0.29, 0.717) is 10.2 Å². The maximum absolute atomic E-state index is 12.8. The highest BCUT2D eigenvalue weighted by molar-refractivity contribution is 9.10. The number of aromatic nitrogens is 2.